The maximum Gasteiger partial charge on any atom is 0.226 e. The van der Waals surface area contributed by atoms with Crippen molar-refractivity contribution in [2.75, 3.05) is 12.4 Å². The largest absolute Gasteiger partial charge is 0.481 e. The molecule has 0 aromatic carbocycles. The number of rotatable bonds is 5. The van der Waals surface area contributed by atoms with Gasteiger partial charge in [-0.25, -0.2) is 9.97 Å². The number of methoxy groups -OCH3 is 1. The number of anilines is 1. The van der Waals surface area contributed by atoms with Gasteiger partial charge in [0.25, 0.3) is 0 Å². The molecule has 2 aromatic heterocycles. The monoisotopic (exact) mass is 247 g/mol. The van der Waals surface area contributed by atoms with Crippen LogP contribution in [0.25, 0.3) is 0 Å². The Balaban J connectivity index is 2.19. The van der Waals surface area contributed by atoms with E-state index in [9.17, 15) is 0 Å². The SMILES string of the molecule is CCC(Nc1nc(C)cc(OC)n1)c1ncc[nH]1. The van der Waals surface area contributed by atoms with Crippen LogP contribution in [0, 0.1) is 6.92 Å². The molecular formula is C12H17N5O. The van der Waals surface area contributed by atoms with Crippen LogP contribution in [0.1, 0.15) is 30.9 Å². The van der Waals surface area contributed by atoms with Crippen molar-refractivity contribution in [1.29, 1.82) is 0 Å². The van der Waals surface area contributed by atoms with E-state index in [-0.39, 0.29) is 6.04 Å². The smallest absolute Gasteiger partial charge is 0.226 e. The Morgan fingerprint density at radius 1 is 1.44 bits per heavy atom. The number of ether oxygens (including phenoxy) is 1. The molecule has 2 aromatic rings. The van der Waals surface area contributed by atoms with Gasteiger partial charge in [0.05, 0.1) is 13.2 Å². The van der Waals surface area contributed by atoms with Gasteiger partial charge in [-0.3, -0.25) is 0 Å². The Labute approximate surface area is 106 Å². The minimum Gasteiger partial charge on any atom is -0.481 e. The minimum atomic E-state index is 0.0616. The molecule has 0 amide bonds. The highest BCUT2D eigenvalue weighted by atomic mass is 16.5. The van der Waals surface area contributed by atoms with Gasteiger partial charge in [0.15, 0.2) is 0 Å². The van der Waals surface area contributed by atoms with Gasteiger partial charge in [-0.15, -0.1) is 0 Å². The maximum absolute atomic E-state index is 5.13. The number of aromatic amines is 1. The summed E-state index contributed by atoms with van der Waals surface area (Å²) in [6.45, 7) is 3.98. The number of aryl methyl sites for hydroxylation is 1. The molecule has 6 heteroatoms. The van der Waals surface area contributed by atoms with E-state index in [1.807, 2.05) is 6.92 Å². The fourth-order valence-electron chi connectivity index (χ4n) is 1.70. The second-order valence-corrected chi connectivity index (χ2v) is 3.95. The summed E-state index contributed by atoms with van der Waals surface area (Å²) < 4.78 is 5.13. The molecule has 0 aliphatic heterocycles. The summed E-state index contributed by atoms with van der Waals surface area (Å²) in [6, 6.07) is 1.85. The zero-order valence-electron chi connectivity index (χ0n) is 10.8. The molecule has 1 unspecified atom stereocenters. The number of hydrogen-bond donors (Lipinski definition) is 2. The van der Waals surface area contributed by atoms with Gasteiger partial charge >= 0.3 is 0 Å². The van der Waals surface area contributed by atoms with Crippen LogP contribution in [-0.4, -0.2) is 27.0 Å². The van der Waals surface area contributed by atoms with Crippen LogP contribution in [0.15, 0.2) is 18.5 Å². The lowest BCUT2D eigenvalue weighted by Crippen LogP contribution is -2.14. The third-order valence-electron chi connectivity index (χ3n) is 2.60. The van der Waals surface area contributed by atoms with Crippen LogP contribution in [0.4, 0.5) is 5.95 Å². The number of nitrogens with one attached hydrogen (secondary N) is 2. The first kappa shape index (κ1) is 12.3. The topological polar surface area (TPSA) is 75.7 Å². The van der Waals surface area contributed by atoms with Gasteiger partial charge < -0.3 is 15.0 Å². The van der Waals surface area contributed by atoms with Crippen LogP contribution in [0.5, 0.6) is 5.88 Å². The van der Waals surface area contributed by atoms with E-state index in [0.29, 0.717) is 11.8 Å². The van der Waals surface area contributed by atoms with Crippen molar-refractivity contribution in [2.45, 2.75) is 26.3 Å². The molecule has 0 bridgehead atoms. The second-order valence-electron chi connectivity index (χ2n) is 3.95. The summed E-state index contributed by atoms with van der Waals surface area (Å²) in [7, 11) is 1.59. The number of nitrogens with zero attached hydrogens (tertiary/aromatic N) is 3. The van der Waals surface area contributed by atoms with Gasteiger partial charge in [-0.1, -0.05) is 6.92 Å². The average Bonchev–Trinajstić information content (AvgIpc) is 2.89. The van der Waals surface area contributed by atoms with Crippen LogP contribution in [0.2, 0.25) is 0 Å². The van der Waals surface area contributed by atoms with Crippen molar-refractivity contribution >= 4 is 5.95 Å². The summed E-state index contributed by atoms with van der Waals surface area (Å²) in [5, 5.41) is 3.25. The molecule has 0 aliphatic carbocycles. The van der Waals surface area contributed by atoms with Crippen molar-refractivity contribution in [1.82, 2.24) is 19.9 Å². The molecular weight excluding hydrogens is 230 g/mol. The van der Waals surface area contributed by atoms with Crippen molar-refractivity contribution in [3.05, 3.63) is 30.0 Å². The maximum atomic E-state index is 5.13. The fourth-order valence-corrected chi connectivity index (χ4v) is 1.70. The van der Waals surface area contributed by atoms with E-state index in [1.165, 1.54) is 0 Å². The molecule has 6 nitrogen and oxygen atoms in total. The molecule has 2 heterocycles. The van der Waals surface area contributed by atoms with E-state index in [2.05, 4.69) is 32.2 Å². The highest BCUT2D eigenvalue weighted by Crippen LogP contribution is 2.19. The predicted molar refractivity (Wildman–Crippen MR) is 68.6 cm³/mol. The Bertz CT molecular complexity index is 497. The van der Waals surface area contributed by atoms with Crippen LogP contribution in [0.3, 0.4) is 0 Å². The molecule has 96 valence electrons. The highest BCUT2D eigenvalue weighted by molar-refractivity contribution is 5.32. The van der Waals surface area contributed by atoms with E-state index >= 15 is 0 Å². The van der Waals surface area contributed by atoms with Gasteiger partial charge in [-0.2, -0.15) is 4.98 Å². The Kier molecular flexibility index (Phi) is 3.76. The lowest BCUT2D eigenvalue weighted by atomic mass is 10.2. The Morgan fingerprint density at radius 3 is 2.89 bits per heavy atom. The van der Waals surface area contributed by atoms with Crippen LogP contribution < -0.4 is 10.1 Å². The third kappa shape index (κ3) is 2.77. The number of imidazole rings is 1. The Morgan fingerprint density at radius 2 is 2.28 bits per heavy atom. The third-order valence-corrected chi connectivity index (χ3v) is 2.60. The number of hydrogen-bond acceptors (Lipinski definition) is 5. The summed E-state index contributed by atoms with van der Waals surface area (Å²) in [6.07, 6.45) is 4.42. The molecule has 0 saturated carbocycles. The van der Waals surface area contributed by atoms with Gasteiger partial charge in [-0.05, 0) is 13.3 Å². The first-order valence-electron chi connectivity index (χ1n) is 5.88. The van der Waals surface area contributed by atoms with E-state index < -0.39 is 0 Å². The highest BCUT2D eigenvalue weighted by Gasteiger charge is 2.13. The first-order valence-corrected chi connectivity index (χ1v) is 5.88. The lowest BCUT2D eigenvalue weighted by molar-refractivity contribution is 0.396. The first-order chi connectivity index (χ1) is 8.72. The quantitative estimate of drug-likeness (QED) is 0.846. The average molecular weight is 247 g/mol. The number of aromatic nitrogens is 4. The summed E-state index contributed by atoms with van der Waals surface area (Å²) in [4.78, 5) is 15.9. The van der Waals surface area contributed by atoms with Crippen LogP contribution in [-0.2, 0) is 0 Å². The second kappa shape index (κ2) is 5.48. The Hall–Kier alpha value is -2.11. The van der Waals surface area contributed by atoms with Crippen molar-refractivity contribution in [3.63, 3.8) is 0 Å². The van der Waals surface area contributed by atoms with Gasteiger partial charge in [0, 0.05) is 24.2 Å². The molecule has 0 fully saturated rings. The zero-order chi connectivity index (χ0) is 13.0. The molecule has 2 rings (SSSR count). The standard InChI is InChI=1S/C12H17N5O/c1-4-9(11-13-5-6-14-11)16-12-15-8(2)7-10(17-12)18-3/h5-7,9H,4H2,1-3H3,(H,13,14)(H,15,16,17). The van der Waals surface area contributed by atoms with E-state index in [1.54, 1.807) is 25.6 Å². The summed E-state index contributed by atoms with van der Waals surface area (Å²) in [5.74, 6) is 1.98. The summed E-state index contributed by atoms with van der Waals surface area (Å²) in [5.41, 5.74) is 0.860. The van der Waals surface area contributed by atoms with E-state index in [0.717, 1.165) is 17.9 Å². The van der Waals surface area contributed by atoms with E-state index in [4.69, 9.17) is 4.74 Å². The fraction of sp³-hybridized carbons (Fsp3) is 0.417. The lowest BCUT2D eigenvalue weighted by Gasteiger charge is -2.15. The van der Waals surface area contributed by atoms with Gasteiger partial charge in [0.2, 0.25) is 11.8 Å². The zero-order valence-corrected chi connectivity index (χ0v) is 10.8. The van der Waals surface area contributed by atoms with Crippen molar-refractivity contribution in [3.8, 4) is 5.88 Å². The molecule has 0 saturated heterocycles. The molecule has 18 heavy (non-hydrogen) atoms. The van der Waals surface area contributed by atoms with Crippen molar-refractivity contribution < 1.29 is 4.74 Å². The molecule has 0 spiro atoms. The normalized spacial score (nSPS) is 12.2. The summed E-state index contributed by atoms with van der Waals surface area (Å²) >= 11 is 0. The molecule has 0 aliphatic rings. The van der Waals surface area contributed by atoms with Crippen molar-refractivity contribution in [2.24, 2.45) is 0 Å². The predicted octanol–water partition coefficient (Wildman–Crippen LogP) is 2.08. The van der Waals surface area contributed by atoms with Gasteiger partial charge in [0.1, 0.15) is 5.82 Å². The number of H-pyrrole nitrogens is 1. The molecule has 2 N–H and O–H groups in total. The van der Waals surface area contributed by atoms with Crippen LogP contribution >= 0.6 is 0 Å². The minimum absolute atomic E-state index is 0.0616. The molecule has 0 radical (unpaired) electrons. The molecule has 1 atom stereocenters.